The Bertz CT molecular complexity index is 511. The summed E-state index contributed by atoms with van der Waals surface area (Å²) in [6.45, 7) is 1.95. The minimum Gasteiger partial charge on any atom is -0.493 e. The molecular weight excluding hydrogens is 304 g/mol. The summed E-state index contributed by atoms with van der Waals surface area (Å²) in [5.74, 6) is 3.50. The average Bonchev–Trinajstić information content (AvgIpc) is 2.93. The fourth-order valence-corrected chi connectivity index (χ4v) is 4.87. The Labute approximate surface area is 136 Å². The Morgan fingerprint density at radius 3 is 3.14 bits per heavy atom. The molecule has 0 aromatic heterocycles. The van der Waals surface area contributed by atoms with Crippen molar-refractivity contribution in [3.05, 3.63) is 28.3 Å². The maximum Gasteiger partial charge on any atom is 0.125 e. The van der Waals surface area contributed by atoms with Crippen molar-refractivity contribution in [3.63, 3.8) is 0 Å². The van der Waals surface area contributed by atoms with Crippen LogP contribution in [0.3, 0.4) is 0 Å². The van der Waals surface area contributed by atoms with Gasteiger partial charge in [-0.1, -0.05) is 11.6 Å². The molecule has 1 saturated heterocycles. The molecule has 2 aliphatic rings. The smallest absolute Gasteiger partial charge is 0.125 e. The highest BCUT2D eigenvalue weighted by Gasteiger charge is 2.29. The molecule has 0 radical (unpaired) electrons. The van der Waals surface area contributed by atoms with Crippen molar-refractivity contribution < 1.29 is 4.74 Å². The first-order valence-electron chi connectivity index (χ1n) is 7.58. The van der Waals surface area contributed by atoms with E-state index in [1.807, 2.05) is 6.07 Å². The Balaban J connectivity index is 1.81. The summed E-state index contributed by atoms with van der Waals surface area (Å²) < 4.78 is 5.84. The number of halogens is 1. The van der Waals surface area contributed by atoms with Crippen molar-refractivity contribution in [1.29, 1.82) is 0 Å². The summed E-state index contributed by atoms with van der Waals surface area (Å²) in [4.78, 5) is 2.48. The molecule has 0 spiro atoms. The molecule has 1 aromatic carbocycles. The van der Waals surface area contributed by atoms with Gasteiger partial charge >= 0.3 is 0 Å². The van der Waals surface area contributed by atoms with Crippen LogP contribution in [0.25, 0.3) is 0 Å². The maximum absolute atomic E-state index is 6.28. The second-order valence-corrected chi connectivity index (χ2v) is 7.46. The van der Waals surface area contributed by atoms with Gasteiger partial charge in [0.1, 0.15) is 5.75 Å². The number of nitrogens with one attached hydrogen (secondary N) is 1. The third kappa shape index (κ3) is 3.34. The minimum absolute atomic E-state index is 0.426. The van der Waals surface area contributed by atoms with Crippen LogP contribution in [-0.4, -0.2) is 55.7 Å². The SMILES string of the molecule is CNC(Cc1cc(Cl)cc2c1OCC2)C1CSCCN1C. The molecule has 2 heterocycles. The quantitative estimate of drug-likeness (QED) is 0.918. The second-order valence-electron chi connectivity index (χ2n) is 5.87. The van der Waals surface area contributed by atoms with Crippen molar-refractivity contribution in [2.24, 2.45) is 0 Å². The highest BCUT2D eigenvalue weighted by molar-refractivity contribution is 7.99. The molecule has 116 valence electrons. The summed E-state index contributed by atoms with van der Waals surface area (Å²) in [6.07, 6.45) is 1.95. The molecule has 0 bridgehead atoms. The summed E-state index contributed by atoms with van der Waals surface area (Å²) >= 11 is 8.33. The van der Waals surface area contributed by atoms with Crippen LogP contribution in [0.15, 0.2) is 12.1 Å². The highest BCUT2D eigenvalue weighted by Crippen LogP contribution is 2.34. The standard InChI is InChI=1S/C16H23ClN2OS/c1-18-14(15-10-21-6-4-19(15)2)9-12-8-13(17)7-11-3-5-20-16(11)12/h7-8,14-15,18H,3-6,9-10H2,1-2H3. The monoisotopic (exact) mass is 326 g/mol. The van der Waals surface area contributed by atoms with E-state index in [9.17, 15) is 0 Å². The lowest BCUT2D eigenvalue weighted by Gasteiger charge is -2.38. The Hall–Kier alpha value is -0.420. The van der Waals surface area contributed by atoms with Gasteiger partial charge < -0.3 is 15.0 Å². The van der Waals surface area contributed by atoms with Crippen LogP contribution in [0, 0.1) is 0 Å². The van der Waals surface area contributed by atoms with Crippen LogP contribution in [0.5, 0.6) is 5.75 Å². The van der Waals surface area contributed by atoms with Gasteiger partial charge in [0.05, 0.1) is 6.61 Å². The van der Waals surface area contributed by atoms with E-state index in [0.717, 1.165) is 36.8 Å². The Morgan fingerprint density at radius 2 is 2.38 bits per heavy atom. The number of ether oxygens (including phenoxy) is 1. The number of rotatable bonds is 4. The van der Waals surface area contributed by atoms with Crippen LogP contribution in [0.4, 0.5) is 0 Å². The molecule has 0 amide bonds. The molecule has 0 saturated carbocycles. The van der Waals surface area contributed by atoms with E-state index in [1.54, 1.807) is 0 Å². The van der Waals surface area contributed by atoms with Gasteiger partial charge in [-0.15, -0.1) is 0 Å². The van der Waals surface area contributed by atoms with Gasteiger partial charge in [0.2, 0.25) is 0 Å². The number of hydrogen-bond acceptors (Lipinski definition) is 4. The van der Waals surface area contributed by atoms with E-state index < -0.39 is 0 Å². The first-order valence-corrected chi connectivity index (χ1v) is 9.11. The average molecular weight is 327 g/mol. The normalized spacial score (nSPS) is 23.7. The van der Waals surface area contributed by atoms with Gasteiger partial charge in [-0.3, -0.25) is 0 Å². The van der Waals surface area contributed by atoms with Gasteiger partial charge in [0.15, 0.2) is 0 Å². The molecule has 2 unspecified atom stereocenters. The van der Waals surface area contributed by atoms with Crippen molar-refractivity contribution in [1.82, 2.24) is 10.2 Å². The fraction of sp³-hybridized carbons (Fsp3) is 0.625. The van der Waals surface area contributed by atoms with Gasteiger partial charge in [-0.05, 0) is 43.8 Å². The van der Waals surface area contributed by atoms with Gasteiger partial charge in [0, 0.05) is 41.6 Å². The molecule has 1 aromatic rings. The van der Waals surface area contributed by atoms with E-state index in [-0.39, 0.29) is 0 Å². The van der Waals surface area contributed by atoms with Crippen LogP contribution in [0.1, 0.15) is 11.1 Å². The summed E-state index contributed by atoms with van der Waals surface area (Å²) in [5, 5.41) is 4.34. The van der Waals surface area contributed by atoms with E-state index in [1.165, 1.54) is 22.6 Å². The molecule has 1 fully saturated rings. The zero-order chi connectivity index (χ0) is 14.8. The molecular formula is C16H23ClN2OS. The van der Waals surface area contributed by atoms with Gasteiger partial charge in [-0.25, -0.2) is 0 Å². The molecule has 5 heteroatoms. The summed E-state index contributed by atoms with van der Waals surface area (Å²) in [5.41, 5.74) is 2.51. The molecule has 1 N–H and O–H groups in total. The highest BCUT2D eigenvalue weighted by atomic mass is 35.5. The molecule has 2 aliphatic heterocycles. The van der Waals surface area contributed by atoms with E-state index in [2.05, 4.69) is 42.1 Å². The third-order valence-corrected chi connectivity index (χ3v) is 5.81. The topological polar surface area (TPSA) is 24.5 Å². The molecule has 0 aliphatic carbocycles. The number of fused-ring (bicyclic) bond motifs is 1. The number of benzene rings is 1. The van der Waals surface area contributed by atoms with Crippen LogP contribution in [-0.2, 0) is 12.8 Å². The number of hydrogen-bond donors (Lipinski definition) is 1. The molecule has 21 heavy (non-hydrogen) atoms. The van der Waals surface area contributed by atoms with Crippen molar-refractivity contribution in [2.45, 2.75) is 24.9 Å². The van der Waals surface area contributed by atoms with Gasteiger partial charge in [0.25, 0.3) is 0 Å². The van der Waals surface area contributed by atoms with Crippen molar-refractivity contribution in [2.75, 3.05) is 38.8 Å². The Morgan fingerprint density at radius 1 is 1.52 bits per heavy atom. The van der Waals surface area contributed by atoms with Crippen molar-refractivity contribution in [3.8, 4) is 5.75 Å². The van der Waals surface area contributed by atoms with Crippen molar-refractivity contribution >= 4 is 23.4 Å². The van der Waals surface area contributed by atoms with E-state index >= 15 is 0 Å². The predicted octanol–water partition coefficient (Wildman–Crippen LogP) is 2.45. The summed E-state index contributed by atoms with van der Waals surface area (Å²) in [6, 6.07) is 5.11. The van der Waals surface area contributed by atoms with Gasteiger partial charge in [-0.2, -0.15) is 11.8 Å². The number of nitrogens with zero attached hydrogens (tertiary/aromatic N) is 1. The Kier molecular flexibility index (Phi) is 4.99. The lowest BCUT2D eigenvalue weighted by Crippen LogP contribution is -2.52. The predicted molar refractivity (Wildman–Crippen MR) is 90.9 cm³/mol. The number of likely N-dealkylation sites (N-methyl/N-ethyl adjacent to an activating group) is 2. The first kappa shape index (κ1) is 15.5. The minimum atomic E-state index is 0.426. The largest absolute Gasteiger partial charge is 0.493 e. The fourth-order valence-electron chi connectivity index (χ4n) is 3.29. The molecule has 2 atom stereocenters. The van der Waals surface area contributed by atoms with Crippen LogP contribution >= 0.6 is 23.4 Å². The lowest BCUT2D eigenvalue weighted by molar-refractivity contribution is 0.218. The number of thioether (sulfide) groups is 1. The zero-order valence-corrected chi connectivity index (χ0v) is 14.3. The van der Waals surface area contributed by atoms with Crippen LogP contribution < -0.4 is 10.1 Å². The lowest BCUT2D eigenvalue weighted by atomic mass is 9.97. The first-order chi connectivity index (χ1) is 10.2. The maximum atomic E-state index is 6.28. The molecule has 3 rings (SSSR count). The van der Waals surface area contributed by atoms with E-state index in [4.69, 9.17) is 16.3 Å². The second kappa shape index (κ2) is 6.78. The summed E-state index contributed by atoms with van der Waals surface area (Å²) in [7, 11) is 4.29. The van der Waals surface area contributed by atoms with Crippen LogP contribution in [0.2, 0.25) is 5.02 Å². The van der Waals surface area contributed by atoms with E-state index in [0.29, 0.717) is 12.1 Å². The zero-order valence-electron chi connectivity index (χ0n) is 12.7. The third-order valence-electron chi connectivity index (χ3n) is 4.54. The molecule has 3 nitrogen and oxygen atoms in total.